The highest BCUT2D eigenvalue weighted by Gasteiger charge is 2.24. The molecule has 4 nitrogen and oxygen atoms in total. The topological polar surface area (TPSA) is 63.5 Å². The number of rotatable bonds is 15. The van der Waals surface area contributed by atoms with Crippen molar-refractivity contribution in [2.75, 3.05) is 26.2 Å². The zero-order valence-electron chi connectivity index (χ0n) is 24.7. The van der Waals surface area contributed by atoms with E-state index in [9.17, 15) is 15.3 Å². The molecule has 4 heteroatoms. The third-order valence-electron chi connectivity index (χ3n) is 7.61. The molecule has 0 heterocycles. The lowest BCUT2D eigenvalue weighted by Gasteiger charge is -2.39. The van der Waals surface area contributed by atoms with Gasteiger partial charge in [-0.1, -0.05) is 102 Å². The Hall–Kier alpha value is -2.98. The number of benzene rings is 3. The van der Waals surface area contributed by atoms with Crippen LogP contribution < -0.4 is 5.11 Å². The van der Waals surface area contributed by atoms with E-state index in [2.05, 4.69) is 27.7 Å². The Balaban J connectivity index is 0.000000285. The van der Waals surface area contributed by atoms with Gasteiger partial charge >= 0.3 is 0 Å². The van der Waals surface area contributed by atoms with Gasteiger partial charge in [-0.05, 0) is 66.6 Å². The van der Waals surface area contributed by atoms with Gasteiger partial charge in [-0.15, -0.1) is 5.75 Å². The van der Waals surface area contributed by atoms with Gasteiger partial charge in [0.1, 0.15) is 11.5 Å². The number of hydrogen-bond donors (Lipinski definition) is 2. The first-order chi connectivity index (χ1) is 18.9. The van der Waals surface area contributed by atoms with Crippen LogP contribution in [0.4, 0.5) is 0 Å². The molecule has 0 atom stereocenters. The molecule has 39 heavy (non-hydrogen) atoms. The molecule has 0 saturated carbocycles. The molecule has 0 radical (unpaired) electrons. The minimum absolute atomic E-state index is 0.0288. The Morgan fingerprint density at radius 1 is 0.513 bits per heavy atom. The molecule has 0 aliphatic carbocycles. The second-order valence-electron chi connectivity index (χ2n) is 10.8. The number of aromatic hydroxyl groups is 2. The molecule has 3 aromatic carbocycles. The Morgan fingerprint density at radius 2 is 0.795 bits per heavy atom. The van der Waals surface area contributed by atoms with Crippen LogP contribution >= 0.6 is 0 Å². The summed E-state index contributed by atoms with van der Waals surface area (Å²) in [6.45, 7) is 15.0. The molecule has 0 aliphatic rings. The molecule has 2 N–H and O–H groups in total. The van der Waals surface area contributed by atoms with E-state index in [1.165, 1.54) is 82.0 Å². The van der Waals surface area contributed by atoms with Gasteiger partial charge in [0.2, 0.25) is 0 Å². The molecule has 0 amide bonds. The van der Waals surface area contributed by atoms with Crippen molar-refractivity contribution in [3.63, 3.8) is 0 Å². The summed E-state index contributed by atoms with van der Waals surface area (Å²) >= 11 is 0. The third-order valence-corrected chi connectivity index (χ3v) is 7.61. The van der Waals surface area contributed by atoms with Crippen LogP contribution in [0.1, 0.15) is 102 Å². The largest absolute Gasteiger partial charge is 0.872 e. The second-order valence-corrected chi connectivity index (χ2v) is 10.8. The summed E-state index contributed by atoms with van der Waals surface area (Å²) in [5, 5.41) is 30.3. The molecule has 0 aliphatic heterocycles. The number of phenolic OH excluding ortho intramolecular Hbond substituents is 2. The molecule has 0 fully saturated rings. The van der Waals surface area contributed by atoms with E-state index in [1.807, 2.05) is 36.4 Å². The van der Waals surface area contributed by atoms with Crippen molar-refractivity contribution in [2.45, 2.75) is 85.0 Å². The van der Waals surface area contributed by atoms with Crippen LogP contribution in [0.25, 0.3) is 0 Å². The highest BCUT2D eigenvalue weighted by atomic mass is 16.3. The molecular weight excluding hydrogens is 482 g/mol. The Bertz CT molecular complexity index is 883. The number of quaternary nitrogens is 1. The fraction of sp³-hybridized carbons (Fsp3) is 0.486. The molecule has 0 aromatic heterocycles. The summed E-state index contributed by atoms with van der Waals surface area (Å²) in [6, 6.07) is 20.7. The van der Waals surface area contributed by atoms with Gasteiger partial charge in [0.25, 0.3) is 0 Å². The summed E-state index contributed by atoms with van der Waals surface area (Å²) in [5.41, 5.74) is 2.99. The van der Waals surface area contributed by atoms with Gasteiger partial charge in [-0.2, -0.15) is 0 Å². The Labute approximate surface area is 237 Å². The maximum Gasteiger partial charge on any atom is 0.115 e. The van der Waals surface area contributed by atoms with E-state index in [0.29, 0.717) is 0 Å². The normalized spacial score (nSPS) is 11.3. The molecular formula is C35H51NO3. The van der Waals surface area contributed by atoms with Gasteiger partial charge in [0, 0.05) is 5.92 Å². The van der Waals surface area contributed by atoms with E-state index in [-0.39, 0.29) is 23.2 Å². The van der Waals surface area contributed by atoms with Gasteiger partial charge in [-0.3, -0.25) is 0 Å². The predicted molar refractivity (Wildman–Crippen MR) is 162 cm³/mol. The maximum atomic E-state index is 11.3. The zero-order chi connectivity index (χ0) is 28.5. The fourth-order valence-corrected chi connectivity index (χ4v) is 5.22. The maximum absolute atomic E-state index is 11.3. The van der Waals surface area contributed by atoms with Gasteiger partial charge < -0.3 is 19.8 Å². The lowest BCUT2D eigenvalue weighted by atomic mass is 9.85. The quantitative estimate of drug-likeness (QED) is 0.152. The van der Waals surface area contributed by atoms with Gasteiger partial charge in [-0.25, -0.2) is 0 Å². The van der Waals surface area contributed by atoms with Crippen LogP contribution in [0.15, 0.2) is 72.8 Å². The summed E-state index contributed by atoms with van der Waals surface area (Å²) in [4.78, 5) is 0. The summed E-state index contributed by atoms with van der Waals surface area (Å²) in [7, 11) is 0. The van der Waals surface area contributed by atoms with Crippen molar-refractivity contribution in [1.82, 2.24) is 0 Å². The zero-order valence-corrected chi connectivity index (χ0v) is 24.7. The standard InChI is InChI=1S/C19H16O3.C16H36N/c20-16-7-1-13(2-8-16)19(14-3-9-17(21)10-4-14)15-5-11-18(22)12-6-15;1-5-9-13-17(14-10-6-2,15-11-7-3)16-12-8-4/h1-12,19-22H;5-16H2,1-4H3/q;+1/p-1. The van der Waals surface area contributed by atoms with E-state index < -0.39 is 0 Å². The Kier molecular flexibility index (Phi) is 14.5. The van der Waals surface area contributed by atoms with Crippen molar-refractivity contribution in [3.8, 4) is 17.2 Å². The summed E-state index contributed by atoms with van der Waals surface area (Å²) in [5.74, 6) is 0.326. The van der Waals surface area contributed by atoms with Crippen LogP contribution in [0.5, 0.6) is 17.2 Å². The molecule has 3 rings (SSSR count). The highest BCUT2D eigenvalue weighted by molar-refractivity contribution is 5.46. The fourth-order valence-electron chi connectivity index (χ4n) is 5.22. The number of hydrogen-bond acceptors (Lipinski definition) is 3. The smallest absolute Gasteiger partial charge is 0.115 e. The van der Waals surface area contributed by atoms with Gasteiger partial charge in [0.05, 0.1) is 26.2 Å². The second kappa shape index (κ2) is 17.6. The van der Waals surface area contributed by atoms with Crippen molar-refractivity contribution in [2.24, 2.45) is 0 Å². The molecule has 214 valence electrons. The first-order valence-electron chi connectivity index (χ1n) is 15.1. The first kappa shape index (κ1) is 32.2. The van der Waals surface area contributed by atoms with Crippen molar-refractivity contribution >= 4 is 0 Å². The van der Waals surface area contributed by atoms with Crippen LogP contribution in [0, 0.1) is 0 Å². The average molecular weight is 534 g/mol. The molecule has 3 aromatic rings. The third kappa shape index (κ3) is 11.0. The monoisotopic (exact) mass is 533 g/mol. The van der Waals surface area contributed by atoms with E-state index in [4.69, 9.17) is 0 Å². The molecule has 0 bridgehead atoms. The lowest BCUT2D eigenvalue weighted by molar-refractivity contribution is -0.929. The van der Waals surface area contributed by atoms with Crippen molar-refractivity contribution in [3.05, 3.63) is 89.5 Å². The Morgan fingerprint density at radius 3 is 1.08 bits per heavy atom. The minimum atomic E-state index is -0.0678. The number of nitrogens with zero attached hydrogens (tertiary/aromatic N) is 1. The SMILES string of the molecule is CCCC[N+](CCCC)(CCCC)CCCC.[O-]c1ccc(C(c2ccc(O)cc2)c2ccc(O)cc2)cc1. The van der Waals surface area contributed by atoms with Crippen LogP contribution in [0.2, 0.25) is 0 Å². The van der Waals surface area contributed by atoms with E-state index in [1.54, 1.807) is 36.4 Å². The van der Waals surface area contributed by atoms with Crippen LogP contribution in [-0.2, 0) is 0 Å². The average Bonchev–Trinajstić information content (AvgIpc) is 2.96. The number of phenols is 2. The van der Waals surface area contributed by atoms with Crippen LogP contribution in [0.3, 0.4) is 0 Å². The summed E-state index contributed by atoms with van der Waals surface area (Å²) in [6.07, 6.45) is 11.1. The van der Waals surface area contributed by atoms with E-state index in [0.717, 1.165) is 16.7 Å². The van der Waals surface area contributed by atoms with Crippen LogP contribution in [-0.4, -0.2) is 40.9 Å². The van der Waals surface area contributed by atoms with Crippen molar-refractivity contribution < 1.29 is 19.8 Å². The predicted octanol–water partition coefficient (Wildman–Crippen LogP) is 8.36. The summed E-state index contributed by atoms with van der Waals surface area (Å²) < 4.78 is 1.42. The van der Waals surface area contributed by atoms with Gasteiger partial charge in [0.15, 0.2) is 0 Å². The lowest BCUT2D eigenvalue weighted by Crippen LogP contribution is -2.50. The van der Waals surface area contributed by atoms with E-state index >= 15 is 0 Å². The minimum Gasteiger partial charge on any atom is -0.872 e. The highest BCUT2D eigenvalue weighted by Crippen LogP contribution is 2.34. The molecule has 0 spiro atoms. The van der Waals surface area contributed by atoms with Crippen molar-refractivity contribution in [1.29, 1.82) is 0 Å². The first-order valence-corrected chi connectivity index (χ1v) is 15.1. The molecule has 0 saturated heterocycles. The molecule has 0 unspecified atom stereocenters. The number of unbranched alkanes of at least 4 members (excludes halogenated alkanes) is 4.